The van der Waals surface area contributed by atoms with Crippen LogP contribution in [0.3, 0.4) is 0 Å². The minimum atomic E-state index is -1.08. The molecule has 0 saturated carbocycles. The highest BCUT2D eigenvalue weighted by Crippen LogP contribution is 2.41. The number of fused-ring (bicyclic) bond motifs is 2. The number of piperidine rings is 1. The monoisotopic (exact) mass is 292 g/mol. The summed E-state index contributed by atoms with van der Waals surface area (Å²) in [5.41, 5.74) is 5.40. The summed E-state index contributed by atoms with van der Waals surface area (Å²) in [6.07, 6.45) is 3.91. The number of aromatic amines is 1. The minimum Gasteiger partial charge on any atom is -0.481 e. The summed E-state index contributed by atoms with van der Waals surface area (Å²) in [7, 11) is 2.15. The van der Waals surface area contributed by atoms with Crippen LogP contribution in [0, 0.1) is 0 Å². The number of nitrogens with one attached hydrogen (secondary N) is 1. The van der Waals surface area contributed by atoms with E-state index in [1.54, 1.807) is 0 Å². The van der Waals surface area contributed by atoms with Crippen LogP contribution in [0.5, 0.6) is 0 Å². The van der Waals surface area contributed by atoms with Gasteiger partial charge in [0.1, 0.15) is 11.6 Å². The van der Waals surface area contributed by atoms with Crippen LogP contribution in [0.1, 0.15) is 43.0 Å². The lowest BCUT2D eigenvalue weighted by atomic mass is 9.90. The van der Waals surface area contributed by atoms with Gasteiger partial charge in [-0.1, -0.05) is 0 Å². The van der Waals surface area contributed by atoms with Crippen molar-refractivity contribution in [3.8, 4) is 0 Å². The van der Waals surface area contributed by atoms with E-state index in [9.17, 15) is 9.59 Å². The number of hydrogen-bond donors (Lipinski definition) is 3. The first-order valence-corrected chi connectivity index (χ1v) is 7.28. The Labute approximate surface area is 122 Å². The molecule has 3 rings (SSSR count). The van der Waals surface area contributed by atoms with Gasteiger partial charge >= 0.3 is 5.97 Å². The van der Waals surface area contributed by atoms with Crippen molar-refractivity contribution in [3.63, 3.8) is 0 Å². The normalized spacial score (nSPS) is 28.7. The fourth-order valence-electron chi connectivity index (χ4n) is 3.68. The Balaban J connectivity index is 1.87. The second-order valence-corrected chi connectivity index (χ2v) is 6.10. The molecule has 2 unspecified atom stereocenters. The Bertz CT molecular complexity index is 613. The number of carboxylic acids is 1. The molecule has 2 bridgehead atoms. The lowest BCUT2D eigenvalue weighted by Gasteiger charge is -2.35. The van der Waals surface area contributed by atoms with Crippen LogP contribution in [0.4, 0.5) is 5.82 Å². The Hall–Kier alpha value is -1.89. The molecule has 7 heteroatoms. The third kappa shape index (κ3) is 2.53. The van der Waals surface area contributed by atoms with Gasteiger partial charge in [-0.3, -0.25) is 9.59 Å². The number of rotatable bonds is 3. The SMILES string of the molecule is CN1C2CCC1CC(c1nc(N)c(CC(=O)O)c(=O)[nH]1)C2. The van der Waals surface area contributed by atoms with E-state index in [0.717, 1.165) is 12.8 Å². The third-order valence-corrected chi connectivity index (χ3v) is 4.88. The van der Waals surface area contributed by atoms with Gasteiger partial charge in [0.15, 0.2) is 0 Å². The number of aliphatic carboxylic acids is 1. The van der Waals surface area contributed by atoms with Crippen molar-refractivity contribution in [1.29, 1.82) is 0 Å². The minimum absolute atomic E-state index is 0.0437. The fourth-order valence-corrected chi connectivity index (χ4v) is 3.68. The van der Waals surface area contributed by atoms with E-state index in [4.69, 9.17) is 10.8 Å². The molecule has 0 aromatic carbocycles. The Kier molecular flexibility index (Phi) is 3.44. The molecular weight excluding hydrogens is 272 g/mol. The maximum atomic E-state index is 12.0. The molecule has 21 heavy (non-hydrogen) atoms. The van der Waals surface area contributed by atoms with E-state index in [2.05, 4.69) is 21.9 Å². The summed E-state index contributed by atoms with van der Waals surface area (Å²) in [4.78, 5) is 32.2. The second kappa shape index (κ2) is 5.14. The molecule has 2 aliphatic rings. The molecule has 2 fully saturated rings. The van der Waals surface area contributed by atoms with Crippen molar-refractivity contribution < 1.29 is 9.90 Å². The summed E-state index contributed by atoms with van der Waals surface area (Å²) < 4.78 is 0. The Morgan fingerprint density at radius 1 is 1.43 bits per heavy atom. The van der Waals surface area contributed by atoms with Gasteiger partial charge in [-0.2, -0.15) is 0 Å². The van der Waals surface area contributed by atoms with Crippen molar-refractivity contribution in [2.75, 3.05) is 12.8 Å². The van der Waals surface area contributed by atoms with E-state index >= 15 is 0 Å². The first-order valence-electron chi connectivity index (χ1n) is 7.28. The number of carbonyl (C=O) groups is 1. The van der Waals surface area contributed by atoms with Gasteiger partial charge in [-0.15, -0.1) is 0 Å². The molecule has 114 valence electrons. The standard InChI is InChI=1S/C14H20N4O3/c1-18-8-2-3-9(18)5-7(4-8)13-16-12(15)10(6-11(19)20)14(21)17-13/h7-9H,2-6H2,1H3,(H,19,20)(H3,15,16,17,21). The van der Waals surface area contributed by atoms with Gasteiger partial charge in [0, 0.05) is 18.0 Å². The quantitative estimate of drug-likeness (QED) is 0.739. The number of anilines is 1. The van der Waals surface area contributed by atoms with Gasteiger partial charge in [0.05, 0.1) is 12.0 Å². The fraction of sp³-hybridized carbons (Fsp3) is 0.643. The van der Waals surface area contributed by atoms with Crippen LogP contribution >= 0.6 is 0 Å². The first kappa shape index (κ1) is 14.1. The van der Waals surface area contributed by atoms with E-state index in [1.807, 2.05) is 0 Å². The topological polar surface area (TPSA) is 112 Å². The van der Waals surface area contributed by atoms with E-state index in [-0.39, 0.29) is 17.3 Å². The molecule has 0 aliphatic carbocycles. The molecule has 0 amide bonds. The number of H-pyrrole nitrogens is 1. The zero-order valence-corrected chi connectivity index (χ0v) is 12.0. The maximum Gasteiger partial charge on any atom is 0.308 e. The molecule has 3 heterocycles. The second-order valence-electron chi connectivity index (χ2n) is 6.10. The molecule has 0 radical (unpaired) electrons. The number of nitrogens with zero attached hydrogens (tertiary/aromatic N) is 2. The number of aromatic nitrogens is 2. The maximum absolute atomic E-state index is 12.0. The van der Waals surface area contributed by atoms with Crippen LogP contribution in [-0.4, -0.2) is 45.1 Å². The van der Waals surface area contributed by atoms with Crippen LogP contribution in [0.2, 0.25) is 0 Å². The van der Waals surface area contributed by atoms with Gasteiger partial charge < -0.3 is 20.7 Å². The highest BCUT2D eigenvalue weighted by Gasteiger charge is 2.39. The first-order chi connectivity index (χ1) is 9.95. The molecule has 1 aromatic rings. The Morgan fingerprint density at radius 2 is 2.05 bits per heavy atom. The van der Waals surface area contributed by atoms with Crippen molar-refractivity contribution >= 4 is 11.8 Å². The number of hydrogen-bond acceptors (Lipinski definition) is 5. The molecule has 0 spiro atoms. The van der Waals surface area contributed by atoms with Crippen LogP contribution in [0.15, 0.2) is 4.79 Å². The predicted octanol–water partition coefficient (Wildman–Crippen LogP) is 0.319. The number of nitrogens with two attached hydrogens (primary N) is 1. The lowest BCUT2D eigenvalue weighted by Crippen LogP contribution is -2.40. The molecule has 2 atom stereocenters. The van der Waals surface area contributed by atoms with Gasteiger partial charge in [0.2, 0.25) is 0 Å². The molecule has 7 nitrogen and oxygen atoms in total. The number of carboxylic acid groups (broad SMARTS) is 1. The highest BCUT2D eigenvalue weighted by molar-refractivity contribution is 5.71. The van der Waals surface area contributed by atoms with Crippen LogP contribution < -0.4 is 11.3 Å². The third-order valence-electron chi connectivity index (χ3n) is 4.88. The van der Waals surface area contributed by atoms with Crippen molar-refractivity contribution in [2.24, 2.45) is 0 Å². The van der Waals surface area contributed by atoms with Crippen molar-refractivity contribution in [2.45, 2.75) is 50.1 Å². The van der Waals surface area contributed by atoms with Crippen molar-refractivity contribution in [3.05, 3.63) is 21.7 Å². The largest absolute Gasteiger partial charge is 0.481 e. The predicted molar refractivity (Wildman–Crippen MR) is 77.2 cm³/mol. The van der Waals surface area contributed by atoms with Crippen molar-refractivity contribution in [1.82, 2.24) is 14.9 Å². The molecule has 2 aliphatic heterocycles. The molecular formula is C14H20N4O3. The highest BCUT2D eigenvalue weighted by atomic mass is 16.4. The molecule has 4 N–H and O–H groups in total. The average Bonchev–Trinajstić information content (AvgIpc) is 2.64. The van der Waals surface area contributed by atoms with Crippen LogP contribution in [0.25, 0.3) is 0 Å². The summed E-state index contributed by atoms with van der Waals surface area (Å²) in [5, 5.41) is 8.80. The summed E-state index contributed by atoms with van der Waals surface area (Å²) >= 11 is 0. The Morgan fingerprint density at radius 3 is 2.57 bits per heavy atom. The van der Waals surface area contributed by atoms with E-state index < -0.39 is 17.9 Å². The van der Waals surface area contributed by atoms with E-state index in [0.29, 0.717) is 17.9 Å². The lowest BCUT2D eigenvalue weighted by molar-refractivity contribution is -0.136. The molecule has 2 saturated heterocycles. The zero-order valence-electron chi connectivity index (χ0n) is 12.0. The van der Waals surface area contributed by atoms with Gasteiger partial charge in [-0.05, 0) is 32.7 Å². The van der Waals surface area contributed by atoms with Crippen LogP contribution in [-0.2, 0) is 11.2 Å². The summed E-state index contributed by atoms with van der Waals surface area (Å²) in [6, 6.07) is 1.08. The van der Waals surface area contributed by atoms with E-state index in [1.165, 1.54) is 12.8 Å². The molecule has 1 aromatic heterocycles. The summed E-state index contributed by atoms with van der Waals surface area (Å²) in [5.74, 6) is -0.231. The summed E-state index contributed by atoms with van der Waals surface area (Å²) in [6.45, 7) is 0. The average molecular weight is 292 g/mol. The zero-order chi connectivity index (χ0) is 15.1. The smallest absolute Gasteiger partial charge is 0.308 e. The number of nitrogen functional groups attached to an aromatic ring is 1. The van der Waals surface area contributed by atoms with Gasteiger partial charge in [-0.25, -0.2) is 4.98 Å². The van der Waals surface area contributed by atoms with Gasteiger partial charge in [0.25, 0.3) is 5.56 Å².